The zero-order valence-corrected chi connectivity index (χ0v) is 19.6. The lowest BCUT2D eigenvalue weighted by Crippen LogP contribution is -2.42. The van der Waals surface area contributed by atoms with Gasteiger partial charge in [0.25, 0.3) is 5.56 Å². The first-order valence-corrected chi connectivity index (χ1v) is 11.2. The van der Waals surface area contributed by atoms with E-state index in [-0.39, 0.29) is 35.1 Å². The lowest BCUT2D eigenvalue weighted by atomic mass is 9.79. The number of carbonyl (C=O) groups is 1. The van der Waals surface area contributed by atoms with Gasteiger partial charge in [0.05, 0.1) is 29.0 Å². The van der Waals surface area contributed by atoms with Crippen molar-refractivity contribution >= 4 is 40.0 Å². The third-order valence-electron chi connectivity index (χ3n) is 6.14. The molecule has 35 heavy (non-hydrogen) atoms. The molecule has 1 aliphatic rings. The summed E-state index contributed by atoms with van der Waals surface area (Å²) in [5.41, 5.74) is 12.1. The molecule has 3 heterocycles. The number of nitrogens with zero attached hydrogens (tertiary/aromatic N) is 8. The molecule has 1 atom stereocenters. The van der Waals surface area contributed by atoms with Crippen molar-refractivity contribution in [2.24, 2.45) is 18.7 Å². The SMILES string of the molecule is CC(Nc1ncnc(N)c1-c1nnn(C)n1)c1nc2cccc(Cl)c2c(=O)n1C1CC(C(N)=O)C1. The van der Waals surface area contributed by atoms with Crippen LogP contribution in [0.3, 0.4) is 0 Å². The minimum atomic E-state index is -0.511. The van der Waals surface area contributed by atoms with Crippen LogP contribution in [0.2, 0.25) is 5.02 Å². The number of primary amides is 1. The number of nitrogens with one attached hydrogen (secondary N) is 1. The van der Waals surface area contributed by atoms with Crippen LogP contribution in [0.25, 0.3) is 22.3 Å². The fraction of sp³-hybridized carbons (Fsp3) is 0.333. The number of hydrogen-bond donors (Lipinski definition) is 3. The topological polar surface area (TPSA) is 185 Å². The maximum Gasteiger partial charge on any atom is 0.263 e. The average molecular weight is 496 g/mol. The van der Waals surface area contributed by atoms with Crippen LogP contribution in [0.15, 0.2) is 29.3 Å². The molecule has 5 rings (SSSR count). The molecule has 1 unspecified atom stereocenters. The number of nitrogen functional groups attached to an aromatic ring is 1. The number of halogens is 1. The highest BCUT2D eigenvalue weighted by Crippen LogP contribution is 2.39. The Kier molecular flexibility index (Phi) is 5.55. The summed E-state index contributed by atoms with van der Waals surface area (Å²) in [5, 5.41) is 16.0. The smallest absolute Gasteiger partial charge is 0.263 e. The molecule has 1 amide bonds. The Hall–Kier alpha value is -4.13. The fourth-order valence-electron chi connectivity index (χ4n) is 4.29. The number of fused-ring (bicyclic) bond motifs is 1. The molecular weight excluding hydrogens is 474 g/mol. The molecule has 0 spiro atoms. The van der Waals surface area contributed by atoms with Crippen molar-refractivity contribution in [3.05, 3.63) is 45.7 Å². The summed E-state index contributed by atoms with van der Waals surface area (Å²) in [6.45, 7) is 1.84. The molecule has 0 aliphatic heterocycles. The number of amides is 1. The Morgan fingerprint density at radius 1 is 1.29 bits per heavy atom. The Morgan fingerprint density at radius 3 is 2.74 bits per heavy atom. The van der Waals surface area contributed by atoms with Gasteiger partial charge < -0.3 is 16.8 Å². The first-order valence-electron chi connectivity index (χ1n) is 10.9. The molecule has 1 aromatic carbocycles. The van der Waals surface area contributed by atoms with Gasteiger partial charge in [0, 0.05) is 12.0 Å². The fourth-order valence-corrected chi connectivity index (χ4v) is 4.54. The largest absolute Gasteiger partial charge is 0.383 e. The van der Waals surface area contributed by atoms with Gasteiger partial charge in [-0.15, -0.1) is 10.2 Å². The van der Waals surface area contributed by atoms with Gasteiger partial charge in [0.15, 0.2) is 0 Å². The van der Waals surface area contributed by atoms with Gasteiger partial charge in [-0.3, -0.25) is 14.2 Å². The van der Waals surface area contributed by atoms with Gasteiger partial charge >= 0.3 is 0 Å². The summed E-state index contributed by atoms with van der Waals surface area (Å²) in [7, 11) is 1.63. The lowest BCUT2D eigenvalue weighted by Gasteiger charge is -2.36. The number of tetrazole rings is 1. The van der Waals surface area contributed by atoms with Gasteiger partial charge in [-0.05, 0) is 37.1 Å². The highest BCUT2D eigenvalue weighted by Gasteiger charge is 2.37. The molecule has 13 nitrogen and oxygen atoms in total. The van der Waals surface area contributed by atoms with Gasteiger partial charge in [-0.25, -0.2) is 15.0 Å². The summed E-state index contributed by atoms with van der Waals surface area (Å²) >= 11 is 6.35. The van der Waals surface area contributed by atoms with E-state index in [1.165, 1.54) is 11.1 Å². The van der Waals surface area contributed by atoms with Crippen molar-refractivity contribution in [2.75, 3.05) is 11.1 Å². The van der Waals surface area contributed by atoms with E-state index in [2.05, 4.69) is 30.7 Å². The Morgan fingerprint density at radius 2 is 2.06 bits per heavy atom. The van der Waals surface area contributed by atoms with Crippen LogP contribution in [0.5, 0.6) is 0 Å². The summed E-state index contributed by atoms with van der Waals surface area (Å²) in [6.07, 6.45) is 2.21. The van der Waals surface area contributed by atoms with E-state index in [4.69, 9.17) is 28.1 Å². The second-order valence-corrected chi connectivity index (χ2v) is 8.86. The normalized spacial score (nSPS) is 18.3. The number of hydrogen-bond acceptors (Lipinski definition) is 10. The van der Waals surface area contributed by atoms with Crippen LogP contribution >= 0.6 is 11.6 Å². The van der Waals surface area contributed by atoms with Crippen molar-refractivity contribution in [1.29, 1.82) is 0 Å². The molecule has 180 valence electrons. The molecule has 14 heteroatoms. The highest BCUT2D eigenvalue weighted by atomic mass is 35.5. The number of anilines is 2. The van der Waals surface area contributed by atoms with Crippen LogP contribution in [-0.4, -0.2) is 45.6 Å². The van der Waals surface area contributed by atoms with E-state index >= 15 is 0 Å². The first-order chi connectivity index (χ1) is 16.7. The third-order valence-corrected chi connectivity index (χ3v) is 6.45. The summed E-state index contributed by atoms with van der Waals surface area (Å²) in [6, 6.07) is 4.36. The maximum atomic E-state index is 13.6. The molecule has 4 aromatic rings. The van der Waals surface area contributed by atoms with Gasteiger partial charge in [-0.2, -0.15) is 4.80 Å². The number of carbonyl (C=O) groups excluding carboxylic acids is 1. The highest BCUT2D eigenvalue weighted by molar-refractivity contribution is 6.35. The predicted molar refractivity (Wildman–Crippen MR) is 128 cm³/mol. The molecule has 5 N–H and O–H groups in total. The van der Waals surface area contributed by atoms with E-state index in [9.17, 15) is 9.59 Å². The van der Waals surface area contributed by atoms with Crippen molar-refractivity contribution in [3.8, 4) is 11.4 Å². The standard InChI is InChI=1S/C21H22ClN11O2/c1-9(27-18-15(16(23)25-8-26-18)19-29-31-32(2)30-19)20-28-13-5-3-4-12(22)14(13)21(35)33(20)11-6-10(7-11)17(24)34/h3-5,8-11H,6-7H2,1-2H3,(H2,24,34)(H3,23,25,26,27). The molecule has 1 saturated carbocycles. The van der Waals surface area contributed by atoms with Crippen molar-refractivity contribution in [3.63, 3.8) is 0 Å². The summed E-state index contributed by atoms with van der Waals surface area (Å²) in [5.74, 6) is 0.551. The lowest BCUT2D eigenvalue weighted by molar-refractivity contribution is -0.125. The van der Waals surface area contributed by atoms with Crippen LogP contribution in [0.1, 0.15) is 37.7 Å². The van der Waals surface area contributed by atoms with Crippen LogP contribution in [0, 0.1) is 5.92 Å². The third kappa shape index (κ3) is 3.93. The zero-order valence-electron chi connectivity index (χ0n) is 18.9. The number of benzene rings is 1. The van der Waals surface area contributed by atoms with E-state index in [1.54, 1.807) is 29.8 Å². The van der Waals surface area contributed by atoms with Gasteiger partial charge in [-0.1, -0.05) is 17.7 Å². The van der Waals surface area contributed by atoms with Crippen LogP contribution < -0.4 is 22.3 Å². The number of rotatable bonds is 6. The molecule has 0 bridgehead atoms. The van der Waals surface area contributed by atoms with E-state index < -0.39 is 6.04 Å². The first kappa shape index (κ1) is 22.7. The van der Waals surface area contributed by atoms with Crippen LogP contribution in [-0.2, 0) is 11.8 Å². The molecular formula is C21H22ClN11O2. The molecule has 0 saturated heterocycles. The summed E-state index contributed by atoms with van der Waals surface area (Å²) < 4.78 is 1.59. The number of aryl methyl sites for hydroxylation is 1. The molecule has 0 radical (unpaired) electrons. The zero-order chi connectivity index (χ0) is 24.9. The van der Waals surface area contributed by atoms with Crippen molar-refractivity contribution in [1.82, 2.24) is 39.7 Å². The Labute approximate surface area is 203 Å². The van der Waals surface area contributed by atoms with E-state index in [0.717, 1.165) is 0 Å². The van der Waals surface area contributed by atoms with E-state index in [1.807, 2.05) is 6.92 Å². The quantitative estimate of drug-likeness (QED) is 0.351. The van der Waals surface area contributed by atoms with Crippen LogP contribution in [0.4, 0.5) is 11.6 Å². The molecule has 3 aromatic heterocycles. The minimum Gasteiger partial charge on any atom is -0.383 e. The summed E-state index contributed by atoms with van der Waals surface area (Å²) in [4.78, 5) is 39.6. The van der Waals surface area contributed by atoms with Gasteiger partial charge in [0.1, 0.15) is 29.4 Å². The Balaban J connectivity index is 1.60. The molecule has 1 aliphatic carbocycles. The van der Waals surface area contributed by atoms with E-state index in [0.29, 0.717) is 46.0 Å². The van der Waals surface area contributed by atoms with Crippen molar-refractivity contribution in [2.45, 2.75) is 31.8 Å². The second-order valence-electron chi connectivity index (χ2n) is 8.45. The number of nitrogens with two attached hydrogens (primary N) is 2. The average Bonchev–Trinajstić information content (AvgIpc) is 3.19. The maximum absolute atomic E-state index is 13.6. The predicted octanol–water partition coefficient (Wildman–Crippen LogP) is 1.22. The number of aromatic nitrogens is 8. The monoisotopic (exact) mass is 495 g/mol. The minimum absolute atomic E-state index is 0.168. The Bertz CT molecular complexity index is 1510. The molecule has 1 fully saturated rings. The second kappa shape index (κ2) is 8.58. The van der Waals surface area contributed by atoms with Gasteiger partial charge in [0.2, 0.25) is 11.7 Å². The van der Waals surface area contributed by atoms with Crippen molar-refractivity contribution < 1.29 is 4.79 Å².